The minimum atomic E-state index is -0.482. The minimum Gasteiger partial charge on any atom is -0.452 e. The number of ether oxygens (including phenoxy) is 1. The number of nitrogens with one attached hydrogen (secondary N) is 1. The van der Waals surface area contributed by atoms with Crippen LogP contribution in [0.5, 0.6) is 0 Å². The molecule has 2 heterocycles. The molecule has 0 aromatic carbocycles. The molecule has 1 amide bonds. The Balaban J connectivity index is 2.00. The Morgan fingerprint density at radius 2 is 2.00 bits per heavy atom. The fourth-order valence-corrected chi connectivity index (χ4v) is 3.60. The first-order valence-electron chi connectivity index (χ1n) is 7.85. The van der Waals surface area contributed by atoms with Crippen molar-refractivity contribution < 1.29 is 14.3 Å². The molecule has 0 fully saturated rings. The third kappa shape index (κ3) is 5.62. The van der Waals surface area contributed by atoms with Gasteiger partial charge in [0.25, 0.3) is 5.91 Å². The topological polar surface area (TPSA) is 55.4 Å². The van der Waals surface area contributed by atoms with Crippen molar-refractivity contribution in [2.24, 2.45) is 0 Å². The molecule has 2 rings (SSSR count). The van der Waals surface area contributed by atoms with Gasteiger partial charge in [-0.15, -0.1) is 22.7 Å². The number of hydrogen-bond acceptors (Lipinski definition) is 5. The van der Waals surface area contributed by atoms with Gasteiger partial charge in [0.2, 0.25) is 0 Å². The number of thiophene rings is 2. The molecule has 0 radical (unpaired) electrons. The molecule has 0 aliphatic heterocycles. The van der Waals surface area contributed by atoms with Crippen LogP contribution in [0.25, 0.3) is 11.6 Å². The molecule has 1 N–H and O–H groups in total. The Bertz CT molecular complexity index is 675. The zero-order valence-corrected chi connectivity index (χ0v) is 15.4. The fourth-order valence-electron chi connectivity index (χ4n) is 2.21. The number of rotatable bonds is 8. The van der Waals surface area contributed by atoms with Gasteiger partial charge < -0.3 is 10.1 Å². The lowest BCUT2D eigenvalue weighted by molar-refractivity contribution is -0.143. The van der Waals surface area contributed by atoms with Crippen LogP contribution in [-0.4, -0.2) is 24.5 Å². The van der Waals surface area contributed by atoms with Crippen molar-refractivity contribution in [2.75, 3.05) is 6.61 Å². The minimum absolute atomic E-state index is 0.0830. The van der Waals surface area contributed by atoms with Gasteiger partial charge in [0.1, 0.15) is 0 Å². The van der Waals surface area contributed by atoms with Crippen LogP contribution < -0.4 is 5.32 Å². The summed E-state index contributed by atoms with van der Waals surface area (Å²) >= 11 is 3.01. The summed E-state index contributed by atoms with van der Waals surface area (Å²) in [4.78, 5) is 26.1. The van der Waals surface area contributed by atoms with Crippen molar-refractivity contribution in [2.45, 2.75) is 32.7 Å². The Morgan fingerprint density at radius 1 is 1.25 bits per heavy atom. The highest BCUT2D eigenvalue weighted by Gasteiger charge is 2.17. The largest absolute Gasteiger partial charge is 0.452 e. The third-order valence-electron chi connectivity index (χ3n) is 3.30. The van der Waals surface area contributed by atoms with Crippen LogP contribution >= 0.6 is 22.7 Å². The lowest BCUT2D eigenvalue weighted by Crippen LogP contribution is -2.35. The van der Waals surface area contributed by atoms with E-state index in [1.54, 1.807) is 17.4 Å². The van der Waals surface area contributed by atoms with E-state index in [2.05, 4.69) is 12.2 Å². The van der Waals surface area contributed by atoms with Gasteiger partial charge in [-0.3, -0.25) is 4.79 Å². The summed E-state index contributed by atoms with van der Waals surface area (Å²) in [5.74, 6) is -0.755. The maximum atomic E-state index is 12.4. The Hall–Kier alpha value is -1.92. The second-order valence-corrected chi connectivity index (χ2v) is 7.31. The summed E-state index contributed by atoms with van der Waals surface area (Å²) in [5, 5.41) is 6.68. The van der Waals surface area contributed by atoms with E-state index in [0.29, 0.717) is 5.57 Å². The molecule has 4 nitrogen and oxygen atoms in total. The molecular weight excluding hydrogens is 342 g/mol. The number of esters is 1. The van der Waals surface area contributed by atoms with Gasteiger partial charge in [-0.25, -0.2) is 4.79 Å². The molecule has 0 aliphatic carbocycles. The normalized spacial score (nSPS) is 12.7. The van der Waals surface area contributed by atoms with Gasteiger partial charge >= 0.3 is 5.97 Å². The van der Waals surface area contributed by atoms with Crippen LogP contribution in [0, 0.1) is 0 Å². The van der Waals surface area contributed by atoms with E-state index in [1.807, 2.05) is 41.9 Å². The standard InChI is InChI=1S/C18H21NO3S2/c1-3-6-13(2)19-17(20)12-22-18(21)15(16-8-5-10-24-16)11-14-7-4-9-23-14/h4-5,7-11,13H,3,6,12H2,1-2H3,(H,19,20)/b15-11+/t13-/m1/s1. The van der Waals surface area contributed by atoms with Crippen LogP contribution in [0.3, 0.4) is 0 Å². The van der Waals surface area contributed by atoms with Crippen molar-refractivity contribution in [3.8, 4) is 0 Å². The van der Waals surface area contributed by atoms with Crippen LogP contribution in [0.4, 0.5) is 0 Å². The summed E-state index contributed by atoms with van der Waals surface area (Å²) in [7, 11) is 0. The van der Waals surface area contributed by atoms with Crippen molar-refractivity contribution in [1.29, 1.82) is 0 Å². The van der Waals surface area contributed by atoms with E-state index in [4.69, 9.17) is 4.74 Å². The lowest BCUT2D eigenvalue weighted by atomic mass is 10.2. The Kier molecular flexibility index (Phi) is 7.21. The molecule has 6 heteroatoms. The predicted octanol–water partition coefficient (Wildman–Crippen LogP) is 4.20. The Labute approximate surface area is 150 Å². The van der Waals surface area contributed by atoms with Crippen molar-refractivity contribution in [3.05, 3.63) is 44.8 Å². The van der Waals surface area contributed by atoms with Gasteiger partial charge in [0.15, 0.2) is 6.61 Å². The molecule has 0 unspecified atom stereocenters. The molecule has 1 atom stereocenters. The maximum absolute atomic E-state index is 12.4. The summed E-state index contributed by atoms with van der Waals surface area (Å²) in [6, 6.07) is 7.70. The number of carbonyl (C=O) groups is 2. The van der Waals surface area contributed by atoms with E-state index in [0.717, 1.165) is 22.6 Å². The van der Waals surface area contributed by atoms with E-state index >= 15 is 0 Å². The van der Waals surface area contributed by atoms with Crippen LogP contribution in [0.1, 0.15) is 36.4 Å². The summed E-state index contributed by atoms with van der Waals surface area (Å²) in [6.07, 6.45) is 3.70. The third-order valence-corrected chi connectivity index (χ3v) is 5.02. The van der Waals surface area contributed by atoms with Crippen molar-refractivity contribution >= 4 is 46.2 Å². The second-order valence-electron chi connectivity index (χ2n) is 5.38. The SMILES string of the molecule is CCC[C@@H](C)NC(=O)COC(=O)/C(=C/c1cccs1)c1cccs1. The average Bonchev–Trinajstić information content (AvgIpc) is 3.23. The average molecular weight is 364 g/mol. The van der Waals surface area contributed by atoms with Gasteiger partial charge in [-0.05, 0) is 42.3 Å². The van der Waals surface area contributed by atoms with Crippen molar-refractivity contribution in [3.63, 3.8) is 0 Å². The monoisotopic (exact) mass is 363 g/mol. The first-order chi connectivity index (χ1) is 11.6. The highest BCUT2D eigenvalue weighted by atomic mass is 32.1. The van der Waals surface area contributed by atoms with Crippen molar-refractivity contribution in [1.82, 2.24) is 5.32 Å². The molecule has 0 aliphatic rings. The second kappa shape index (κ2) is 9.39. The molecule has 128 valence electrons. The molecular formula is C18H21NO3S2. The Morgan fingerprint density at radius 3 is 2.62 bits per heavy atom. The molecule has 0 saturated heterocycles. The number of carbonyl (C=O) groups excluding carboxylic acids is 2. The molecule has 0 spiro atoms. The van der Waals surface area contributed by atoms with Gasteiger partial charge in [-0.1, -0.05) is 25.5 Å². The van der Waals surface area contributed by atoms with Crippen LogP contribution in [0.15, 0.2) is 35.0 Å². The summed E-state index contributed by atoms with van der Waals surface area (Å²) in [6.45, 7) is 3.74. The lowest BCUT2D eigenvalue weighted by Gasteiger charge is -2.13. The smallest absolute Gasteiger partial charge is 0.340 e. The van der Waals surface area contributed by atoms with E-state index in [9.17, 15) is 9.59 Å². The van der Waals surface area contributed by atoms with E-state index in [-0.39, 0.29) is 18.6 Å². The summed E-state index contributed by atoms with van der Waals surface area (Å²) in [5.41, 5.74) is 0.474. The molecule has 0 saturated carbocycles. The van der Waals surface area contributed by atoms with Crippen LogP contribution in [0.2, 0.25) is 0 Å². The number of hydrogen-bond donors (Lipinski definition) is 1. The quantitative estimate of drug-likeness (QED) is 0.565. The number of amides is 1. The van der Waals surface area contributed by atoms with Crippen LogP contribution in [-0.2, 0) is 14.3 Å². The van der Waals surface area contributed by atoms with Gasteiger partial charge in [0.05, 0.1) is 5.57 Å². The fraction of sp³-hybridized carbons (Fsp3) is 0.333. The van der Waals surface area contributed by atoms with Gasteiger partial charge in [-0.2, -0.15) is 0 Å². The first kappa shape index (κ1) is 18.4. The zero-order chi connectivity index (χ0) is 17.4. The molecule has 0 bridgehead atoms. The molecule has 2 aromatic rings. The predicted molar refractivity (Wildman–Crippen MR) is 100.0 cm³/mol. The first-order valence-corrected chi connectivity index (χ1v) is 9.61. The summed E-state index contributed by atoms with van der Waals surface area (Å²) < 4.78 is 5.21. The maximum Gasteiger partial charge on any atom is 0.340 e. The van der Waals surface area contributed by atoms with E-state index < -0.39 is 5.97 Å². The highest BCUT2D eigenvalue weighted by Crippen LogP contribution is 2.25. The molecule has 24 heavy (non-hydrogen) atoms. The van der Waals surface area contributed by atoms with E-state index in [1.165, 1.54) is 11.3 Å². The van der Waals surface area contributed by atoms with Gasteiger partial charge in [0, 0.05) is 15.8 Å². The zero-order valence-electron chi connectivity index (χ0n) is 13.8. The molecule has 2 aromatic heterocycles. The highest BCUT2D eigenvalue weighted by molar-refractivity contribution is 7.12.